The van der Waals surface area contributed by atoms with Crippen LogP contribution in [0.5, 0.6) is 5.75 Å². The molecule has 0 fully saturated rings. The van der Waals surface area contributed by atoms with E-state index in [1.165, 1.54) is 0 Å². The number of methoxy groups -OCH3 is 1. The van der Waals surface area contributed by atoms with E-state index in [1.54, 1.807) is 13.2 Å². The molecular weight excluding hydrogens is 260 g/mol. The van der Waals surface area contributed by atoms with Gasteiger partial charge >= 0.3 is 5.97 Å². The average Bonchev–Trinajstić information content (AvgIpc) is 2.18. The first kappa shape index (κ1) is 11.8. The number of aliphatic carboxylic acids is 1. The van der Waals surface area contributed by atoms with Crippen molar-refractivity contribution in [2.75, 3.05) is 7.11 Å². The van der Waals surface area contributed by atoms with E-state index in [0.717, 1.165) is 10.0 Å². The third-order valence-electron chi connectivity index (χ3n) is 1.95. The zero-order valence-corrected chi connectivity index (χ0v) is 9.87. The highest BCUT2D eigenvalue weighted by Gasteiger charge is 2.09. The number of hydrogen-bond donors (Lipinski definition) is 1. The van der Waals surface area contributed by atoms with Gasteiger partial charge < -0.3 is 9.84 Å². The average molecular weight is 271 g/mol. The molecule has 0 heterocycles. The van der Waals surface area contributed by atoms with Gasteiger partial charge in [0.2, 0.25) is 0 Å². The summed E-state index contributed by atoms with van der Waals surface area (Å²) in [6.45, 7) is 3.48. The molecule has 3 nitrogen and oxygen atoms in total. The number of ether oxygens (including phenoxy) is 1. The summed E-state index contributed by atoms with van der Waals surface area (Å²) in [5.74, 6) is -0.322. The van der Waals surface area contributed by atoms with Gasteiger partial charge in [0.05, 0.1) is 7.11 Å². The number of hydrogen-bond acceptors (Lipinski definition) is 2. The van der Waals surface area contributed by atoms with E-state index in [1.807, 2.05) is 12.1 Å². The molecule has 15 heavy (non-hydrogen) atoms. The second-order valence-corrected chi connectivity index (χ2v) is 3.96. The quantitative estimate of drug-likeness (QED) is 0.856. The van der Waals surface area contributed by atoms with Gasteiger partial charge in [-0.1, -0.05) is 22.5 Å². The number of carboxylic acid groups (broad SMARTS) is 1. The lowest BCUT2D eigenvalue weighted by atomic mass is 10.1. The summed E-state index contributed by atoms with van der Waals surface area (Å²) in [6.07, 6.45) is 0.276. The third-order valence-corrected chi connectivity index (χ3v) is 2.44. The van der Waals surface area contributed by atoms with Gasteiger partial charge in [-0.3, -0.25) is 0 Å². The van der Waals surface area contributed by atoms with Crippen LogP contribution in [0.1, 0.15) is 5.56 Å². The molecule has 80 valence electrons. The van der Waals surface area contributed by atoms with E-state index in [-0.39, 0.29) is 12.0 Å². The number of rotatable bonds is 4. The van der Waals surface area contributed by atoms with Crippen molar-refractivity contribution < 1.29 is 14.6 Å². The topological polar surface area (TPSA) is 46.5 Å². The number of halogens is 1. The van der Waals surface area contributed by atoms with Crippen LogP contribution in [0.2, 0.25) is 0 Å². The van der Waals surface area contributed by atoms with Crippen LogP contribution in [0.15, 0.2) is 34.8 Å². The normalized spacial score (nSPS) is 9.73. The smallest absolute Gasteiger partial charge is 0.331 e. The third kappa shape index (κ3) is 3.09. The minimum atomic E-state index is -0.989. The Labute approximate surface area is 96.5 Å². The van der Waals surface area contributed by atoms with Gasteiger partial charge in [-0.2, -0.15) is 0 Å². The van der Waals surface area contributed by atoms with Gasteiger partial charge in [-0.15, -0.1) is 0 Å². The minimum Gasteiger partial charge on any atom is -0.496 e. The molecule has 0 saturated heterocycles. The van der Waals surface area contributed by atoms with Crippen molar-refractivity contribution in [3.05, 3.63) is 40.4 Å². The summed E-state index contributed by atoms with van der Waals surface area (Å²) < 4.78 is 6.01. The van der Waals surface area contributed by atoms with Crippen LogP contribution in [0.3, 0.4) is 0 Å². The van der Waals surface area contributed by atoms with Gasteiger partial charge in [-0.25, -0.2) is 4.79 Å². The maximum Gasteiger partial charge on any atom is 0.331 e. The molecule has 0 radical (unpaired) electrons. The Morgan fingerprint density at radius 3 is 2.80 bits per heavy atom. The summed E-state index contributed by atoms with van der Waals surface area (Å²) >= 11 is 3.32. The zero-order chi connectivity index (χ0) is 11.4. The Morgan fingerprint density at radius 1 is 1.60 bits per heavy atom. The van der Waals surface area contributed by atoms with Gasteiger partial charge in [0.1, 0.15) is 5.75 Å². The predicted octanol–water partition coefficient (Wildman–Crippen LogP) is 2.64. The Balaban J connectivity index is 2.97. The molecule has 0 aromatic heterocycles. The predicted molar refractivity (Wildman–Crippen MR) is 61.2 cm³/mol. The SMILES string of the molecule is C=C(Cc1cc(Br)ccc1OC)C(=O)O. The number of benzene rings is 1. The first-order chi connectivity index (χ1) is 7.04. The van der Waals surface area contributed by atoms with Crippen molar-refractivity contribution in [3.63, 3.8) is 0 Å². The maximum absolute atomic E-state index is 10.6. The van der Waals surface area contributed by atoms with Gasteiger partial charge in [0.25, 0.3) is 0 Å². The lowest BCUT2D eigenvalue weighted by molar-refractivity contribution is -0.132. The Hall–Kier alpha value is -1.29. The molecule has 0 spiro atoms. The molecule has 1 N–H and O–H groups in total. The van der Waals surface area contributed by atoms with Gasteiger partial charge in [-0.05, 0) is 23.8 Å². The number of carboxylic acids is 1. The molecule has 0 aliphatic rings. The van der Waals surface area contributed by atoms with E-state index in [2.05, 4.69) is 22.5 Å². The molecule has 1 aromatic carbocycles. The maximum atomic E-state index is 10.6. The summed E-state index contributed by atoms with van der Waals surface area (Å²) in [5.41, 5.74) is 0.950. The molecule has 0 unspecified atom stereocenters. The van der Waals surface area contributed by atoms with Crippen molar-refractivity contribution in [1.82, 2.24) is 0 Å². The van der Waals surface area contributed by atoms with Crippen LogP contribution >= 0.6 is 15.9 Å². The second kappa shape index (κ2) is 4.98. The molecule has 0 atom stereocenters. The van der Waals surface area contributed by atoms with Crippen LogP contribution in [0, 0.1) is 0 Å². The molecule has 1 rings (SSSR count). The Bertz CT molecular complexity index is 399. The lowest BCUT2D eigenvalue weighted by Gasteiger charge is -2.08. The molecule has 0 saturated carbocycles. The fourth-order valence-corrected chi connectivity index (χ4v) is 1.60. The van der Waals surface area contributed by atoms with Crippen molar-refractivity contribution in [2.45, 2.75) is 6.42 Å². The Morgan fingerprint density at radius 2 is 2.27 bits per heavy atom. The molecule has 4 heteroatoms. The highest BCUT2D eigenvalue weighted by Crippen LogP contribution is 2.24. The molecule has 0 aliphatic heterocycles. The number of carbonyl (C=O) groups is 1. The summed E-state index contributed by atoms with van der Waals surface area (Å²) in [5, 5.41) is 8.72. The monoisotopic (exact) mass is 270 g/mol. The van der Waals surface area contributed by atoms with E-state index in [4.69, 9.17) is 9.84 Å². The van der Waals surface area contributed by atoms with Gasteiger partial charge in [0.15, 0.2) is 0 Å². The summed E-state index contributed by atoms with van der Waals surface area (Å²) in [6, 6.07) is 5.45. The zero-order valence-electron chi connectivity index (χ0n) is 8.29. The molecular formula is C11H11BrO3. The largest absolute Gasteiger partial charge is 0.496 e. The lowest BCUT2D eigenvalue weighted by Crippen LogP contribution is -2.03. The first-order valence-corrected chi connectivity index (χ1v) is 5.07. The highest BCUT2D eigenvalue weighted by molar-refractivity contribution is 9.10. The summed E-state index contributed by atoms with van der Waals surface area (Å²) in [7, 11) is 1.55. The fraction of sp³-hybridized carbons (Fsp3) is 0.182. The molecule has 0 amide bonds. The van der Waals surface area contributed by atoms with Crippen LogP contribution < -0.4 is 4.74 Å². The van der Waals surface area contributed by atoms with E-state index >= 15 is 0 Å². The van der Waals surface area contributed by atoms with Crippen molar-refractivity contribution >= 4 is 21.9 Å². The highest BCUT2D eigenvalue weighted by atomic mass is 79.9. The fourth-order valence-electron chi connectivity index (χ4n) is 1.19. The molecule has 0 bridgehead atoms. The van der Waals surface area contributed by atoms with E-state index < -0.39 is 5.97 Å². The van der Waals surface area contributed by atoms with Crippen molar-refractivity contribution in [2.24, 2.45) is 0 Å². The minimum absolute atomic E-state index is 0.145. The second-order valence-electron chi connectivity index (χ2n) is 3.04. The first-order valence-electron chi connectivity index (χ1n) is 4.28. The standard InChI is InChI=1S/C11H11BrO3/c1-7(11(13)14)5-8-6-9(12)3-4-10(8)15-2/h3-4,6H,1,5H2,2H3,(H,13,14). The van der Waals surface area contributed by atoms with Crippen LogP contribution in [0.25, 0.3) is 0 Å². The van der Waals surface area contributed by atoms with Crippen molar-refractivity contribution in [1.29, 1.82) is 0 Å². The van der Waals surface area contributed by atoms with Crippen molar-refractivity contribution in [3.8, 4) is 5.75 Å². The molecule has 0 aliphatic carbocycles. The van der Waals surface area contributed by atoms with Crippen LogP contribution in [-0.4, -0.2) is 18.2 Å². The molecule has 1 aromatic rings. The Kier molecular flexibility index (Phi) is 3.91. The van der Waals surface area contributed by atoms with E-state index in [0.29, 0.717) is 5.75 Å². The van der Waals surface area contributed by atoms with E-state index in [9.17, 15) is 4.79 Å². The van der Waals surface area contributed by atoms with Gasteiger partial charge in [0, 0.05) is 16.5 Å². The van der Waals surface area contributed by atoms with Crippen LogP contribution in [-0.2, 0) is 11.2 Å². The summed E-state index contributed by atoms with van der Waals surface area (Å²) in [4.78, 5) is 10.6. The van der Waals surface area contributed by atoms with Crippen LogP contribution in [0.4, 0.5) is 0 Å².